The number of hydrogen-bond donors (Lipinski definition) is 2. The molecule has 102 valence electrons. The van der Waals surface area contributed by atoms with Gasteiger partial charge in [0, 0.05) is 24.2 Å². The second-order valence-corrected chi connectivity index (χ2v) is 6.44. The summed E-state index contributed by atoms with van der Waals surface area (Å²) in [5.74, 6) is 0.0904. The standard InChI is InChI=1S/C14H17IN2O2/c15-10-4-3-9(8-13(10)18)14(19)16-11-5-7-17-6-1-2-12(11)17/h3-4,8,11-12,18H,1-2,5-7H2,(H,16,19). The Morgan fingerprint density at radius 3 is 3.00 bits per heavy atom. The zero-order valence-corrected chi connectivity index (χ0v) is 12.8. The van der Waals surface area contributed by atoms with Crippen LogP contribution >= 0.6 is 22.6 Å². The van der Waals surface area contributed by atoms with Gasteiger partial charge >= 0.3 is 0 Å². The van der Waals surface area contributed by atoms with Crippen LogP contribution in [0, 0.1) is 3.57 Å². The topological polar surface area (TPSA) is 52.6 Å². The Labute approximate surface area is 126 Å². The molecule has 2 N–H and O–H groups in total. The molecule has 0 spiro atoms. The van der Waals surface area contributed by atoms with Crippen LogP contribution in [-0.2, 0) is 0 Å². The Morgan fingerprint density at radius 1 is 1.37 bits per heavy atom. The van der Waals surface area contributed by atoms with Crippen molar-refractivity contribution in [2.24, 2.45) is 0 Å². The largest absolute Gasteiger partial charge is 0.507 e. The first kappa shape index (κ1) is 13.2. The molecule has 2 saturated heterocycles. The molecule has 0 aromatic heterocycles. The minimum atomic E-state index is -0.0783. The number of benzene rings is 1. The summed E-state index contributed by atoms with van der Waals surface area (Å²) >= 11 is 2.05. The van der Waals surface area contributed by atoms with Crippen molar-refractivity contribution < 1.29 is 9.90 Å². The number of carbonyl (C=O) groups excluding carboxylic acids is 1. The minimum absolute atomic E-state index is 0.0783. The van der Waals surface area contributed by atoms with Crippen molar-refractivity contribution in [1.82, 2.24) is 10.2 Å². The smallest absolute Gasteiger partial charge is 0.251 e. The summed E-state index contributed by atoms with van der Waals surface area (Å²) in [5.41, 5.74) is 0.536. The van der Waals surface area contributed by atoms with Crippen LogP contribution < -0.4 is 5.32 Å². The quantitative estimate of drug-likeness (QED) is 0.781. The molecule has 2 atom stereocenters. The van der Waals surface area contributed by atoms with Crippen LogP contribution in [0.2, 0.25) is 0 Å². The van der Waals surface area contributed by atoms with E-state index in [0.29, 0.717) is 11.6 Å². The van der Waals surface area contributed by atoms with E-state index >= 15 is 0 Å². The maximum atomic E-state index is 12.2. The van der Waals surface area contributed by atoms with Crippen molar-refractivity contribution in [3.05, 3.63) is 27.3 Å². The zero-order valence-electron chi connectivity index (χ0n) is 10.6. The molecule has 0 radical (unpaired) electrons. The van der Waals surface area contributed by atoms with Gasteiger partial charge in [0.1, 0.15) is 5.75 Å². The fourth-order valence-corrected chi connectivity index (χ4v) is 3.49. The lowest BCUT2D eigenvalue weighted by Gasteiger charge is -2.21. The molecule has 4 nitrogen and oxygen atoms in total. The summed E-state index contributed by atoms with van der Waals surface area (Å²) in [6.45, 7) is 2.26. The monoisotopic (exact) mass is 372 g/mol. The van der Waals surface area contributed by atoms with E-state index in [1.807, 2.05) is 22.6 Å². The van der Waals surface area contributed by atoms with E-state index < -0.39 is 0 Å². The Morgan fingerprint density at radius 2 is 2.21 bits per heavy atom. The third kappa shape index (κ3) is 2.58. The molecule has 0 saturated carbocycles. The number of rotatable bonds is 2. The second-order valence-electron chi connectivity index (χ2n) is 5.28. The van der Waals surface area contributed by atoms with E-state index in [9.17, 15) is 9.90 Å². The molecule has 2 heterocycles. The first-order chi connectivity index (χ1) is 9.15. The molecule has 2 fully saturated rings. The van der Waals surface area contributed by atoms with Crippen LogP contribution in [0.15, 0.2) is 18.2 Å². The van der Waals surface area contributed by atoms with Crippen LogP contribution in [0.4, 0.5) is 0 Å². The first-order valence-electron chi connectivity index (χ1n) is 6.68. The summed E-state index contributed by atoms with van der Waals surface area (Å²) in [6.07, 6.45) is 3.46. The second kappa shape index (κ2) is 5.28. The molecule has 2 unspecified atom stereocenters. The van der Waals surface area contributed by atoms with Gasteiger partial charge in [-0.25, -0.2) is 0 Å². The average Bonchev–Trinajstić information content (AvgIpc) is 2.97. The van der Waals surface area contributed by atoms with Gasteiger partial charge in [-0.2, -0.15) is 0 Å². The molecular formula is C14H17IN2O2. The number of phenolic OH excluding ortho intramolecular Hbond substituents is 1. The molecule has 2 aliphatic heterocycles. The summed E-state index contributed by atoms with van der Waals surface area (Å²) in [5, 5.41) is 12.8. The summed E-state index contributed by atoms with van der Waals surface area (Å²) in [6, 6.07) is 5.84. The summed E-state index contributed by atoms with van der Waals surface area (Å²) in [4.78, 5) is 14.7. The lowest BCUT2D eigenvalue weighted by molar-refractivity contribution is 0.0929. The molecule has 5 heteroatoms. The number of aromatic hydroxyl groups is 1. The van der Waals surface area contributed by atoms with E-state index in [-0.39, 0.29) is 17.7 Å². The maximum Gasteiger partial charge on any atom is 0.251 e. The number of halogens is 1. The van der Waals surface area contributed by atoms with E-state index in [1.54, 1.807) is 18.2 Å². The van der Waals surface area contributed by atoms with Crippen molar-refractivity contribution in [2.45, 2.75) is 31.3 Å². The average molecular weight is 372 g/mol. The van der Waals surface area contributed by atoms with Crippen LogP contribution in [0.5, 0.6) is 5.75 Å². The van der Waals surface area contributed by atoms with Gasteiger partial charge < -0.3 is 10.4 Å². The fourth-order valence-electron chi connectivity index (χ4n) is 3.16. The van der Waals surface area contributed by atoms with E-state index in [1.165, 1.54) is 19.4 Å². The van der Waals surface area contributed by atoms with Gasteiger partial charge in [-0.3, -0.25) is 9.69 Å². The van der Waals surface area contributed by atoms with Crippen molar-refractivity contribution in [3.63, 3.8) is 0 Å². The predicted octanol–water partition coefficient (Wildman–Crippen LogP) is 1.96. The van der Waals surface area contributed by atoms with Gasteiger partial charge in [-0.1, -0.05) is 0 Å². The Hall–Kier alpha value is -0.820. The predicted molar refractivity (Wildman–Crippen MR) is 81.3 cm³/mol. The van der Waals surface area contributed by atoms with Gasteiger partial charge in [-0.05, 0) is 66.6 Å². The number of phenols is 1. The molecular weight excluding hydrogens is 355 g/mol. The Balaban J connectivity index is 1.69. The van der Waals surface area contributed by atoms with Crippen LogP contribution in [0.1, 0.15) is 29.6 Å². The molecule has 19 heavy (non-hydrogen) atoms. The number of amides is 1. The van der Waals surface area contributed by atoms with Gasteiger partial charge in [0.25, 0.3) is 5.91 Å². The number of nitrogens with zero attached hydrogens (tertiary/aromatic N) is 1. The molecule has 2 aliphatic rings. The van der Waals surface area contributed by atoms with Crippen molar-refractivity contribution in [2.75, 3.05) is 13.1 Å². The minimum Gasteiger partial charge on any atom is -0.507 e. The zero-order chi connectivity index (χ0) is 13.4. The molecule has 0 bridgehead atoms. The third-order valence-corrected chi connectivity index (χ3v) is 5.04. The van der Waals surface area contributed by atoms with E-state index in [0.717, 1.165) is 16.5 Å². The SMILES string of the molecule is O=C(NC1CCN2CCCC12)c1ccc(I)c(O)c1. The number of nitrogens with one attached hydrogen (secondary N) is 1. The third-order valence-electron chi connectivity index (χ3n) is 4.13. The molecule has 3 rings (SSSR count). The molecule has 1 amide bonds. The van der Waals surface area contributed by atoms with Crippen LogP contribution in [0.25, 0.3) is 0 Å². The first-order valence-corrected chi connectivity index (χ1v) is 7.76. The summed E-state index contributed by atoms with van der Waals surface area (Å²) in [7, 11) is 0. The highest BCUT2D eigenvalue weighted by molar-refractivity contribution is 14.1. The highest BCUT2D eigenvalue weighted by Gasteiger charge is 2.37. The normalized spacial score (nSPS) is 26.4. The number of carbonyl (C=O) groups is 1. The Kier molecular flexibility index (Phi) is 3.66. The van der Waals surface area contributed by atoms with Gasteiger partial charge in [-0.15, -0.1) is 0 Å². The van der Waals surface area contributed by atoms with Crippen molar-refractivity contribution >= 4 is 28.5 Å². The molecule has 1 aromatic carbocycles. The fraction of sp³-hybridized carbons (Fsp3) is 0.500. The number of fused-ring (bicyclic) bond motifs is 1. The summed E-state index contributed by atoms with van der Waals surface area (Å²) < 4.78 is 0.761. The molecule has 0 aliphatic carbocycles. The van der Waals surface area contributed by atoms with Crippen molar-refractivity contribution in [1.29, 1.82) is 0 Å². The van der Waals surface area contributed by atoms with Crippen LogP contribution in [-0.4, -0.2) is 41.1 Å². The van der Waals surface area contributed by atoms with Crippen molar-refractivity contribution in [3.8, 4) is 5.75 Å². The van der Waals surface area contributed by atoms with E-state index in [4.69, 9.17) is 0 Å². The van der Waals surface area contributed by atoms with Gasteiger partial charge in [0.15, 0.2) is 0 Å². The lowest BCUT2D eigenvalue weighted by Crippen LogP contribution is -2.42. The van der Waals surface area contributed by atoms with Crippen LogP contribution in [0.3, 0.4) is 0 Å². The lowest BCUT2D eigenvalue weighted by atomic mass is 10.1. The van der Waals surface area contributed by atoms with Gasteiger partial charge in [0.2, 0.25) is 0 Å². The Bertz CT molecular complexity index is 506. The van der Waals surface area contributed by atoms with Gasteiger partial charge in [0.05, 0.1) is 3.57 Å². The van der Waals surface area contributed by atoms with E-state index in [2.05, 4.69) is 10.2 Å². The highest BCUT2D eigenvalue weighted by atomic mass is 127. The molecule has 1 aromatic rings. The maximum absolute atomic E-state index is 12.2. The number of hydrogen-bond acceptors (Lipinski definition) is 3. The highest BCUT2D eigenvalue weighted by Crippen LogP contribution is 2.28.